The first-order chi connectivity index (χ1) is 11.4. The second-order valence-corrected chi connectivity index (χ2v) is 9.64. The monoisotopic (exact) mass is 567 g/mol. The fraction of sp³-hybridized carbons (Fsp3) is 0.312. The number of rotatable bonds is 1. The second kappa shape index (κ2) is 6.29. The molecule has 2 aromatic rings. The van der Waals surface area contributed by atoms with Crippen LogP contribution < -0.4 is 20.6 Å². The molecule has 0 aliphatic carbocycles. The molecule has 0 bridgehead atoms. The number of thiophene rings is 1. The maximum absolute atomic E-state index is 12.7. The third-order valence-corrected chi connectivity index (χ3v) is 7.25. The molecule has 0 fully saturated rings. The van der Waals surface area contributed by atoms with Crippen LogP contribution in [-0.2, 0) is 13.0 Å². The fourth-order valence-corrected chi connectivity index (χ4v) is 6.45. The van der Waals surface area contributed by atoms with Crippen LogP contribution in [0.2, 0.25) is 0 Å². The van der Waals surface area contributed by atoms with Gasteiger partial charge in [-0.2, -0.15) is 0 Å². The molecule has 1 aromatic heterocycles. The molecule has 5 nitrogen and oxygen atoms in total. The topological polar surface area (TPSA) is 68.6 Å². The Kier molecular flexibility index (Phi) is 4.42. The lowest BCUT2D eigenvalue weighted by molar-refractivity contribution is -0.895. The van der Waals surface area contributed by atoms with Crippen LogP contribution in [0.5, 0.6) is 5.75 Å². The highest BCUT2D eigenvalue weighted by Crippen LogP contribution is 2.39. The summed E-state index contributed by atoms with van der Waals surface area (Å²) in [5, 5.41) is 19.4. The lowest BCUT2D eigenvalue weighted by Gasteiger charge is -2.28. The number of fused-ring (bicyclic) bond motifs is 3. The van der Waals surface area contributed by atoms with E-state index in [1.54, 1.807) is 11.3 Å². The summed E-state index contributed by atoms with van der Waals surface area (Å²) in [6, 6.07) is 3.69. The van der Waals surface area contributed by atoms with E-state index in [1.807, 2.05) is 12.1 Å². The summed E-state index contributed by atoms with van der Waals surface area (Å²) in [6.45, 7) is 2.04. The van der Waals surface area contributed by atoms with Crippen LogP contribution in [0.1, 0.15) is 32.5 Å². The highest BCUT2D eigenvalue weighted by Gasteiger charge is 2.33. The summed E-state index contributed by atoms with van der Waals surface area (Å²) in [4.78, 5) is 15.5. The Bertz CT molecular complexity index is 829. The van der Waals surface area contributed by atoms with Gasteiger partial charge in [-0.25, -0.2) is 0 Å². The van der Waals surface area contributed by atoms with E-state index in [0.717, 1.165) is 35.6 Å². The van der Waals surface area contributed by atoms with Crippen LogP contribution in [0, 0.1) is 7.14 Å². The number of quaternary nitrogens is 1. The van der Waals surface area contributed by atoms with Gasteiger partial charge in [0.1, 0.15) is 17.7 Å². The van der Waals surface area contributed by atoms with Gasteiger partial charge in [0.15, 0.2) is 0 Å². The number of carbonyl (C=O) groups excluding carboxylic acids is 1. The molecule has 0 saturated carbocycles. The lowest BCUT2D eigenvalue weighted by atomic mass is 10.0. The summed E-state index contributed by atoms with van der Waals surface area (Å²) < 4.78 is 1.35. The van der Waals surface area contributed by atoms with Crippen molar-refractivity contribution in [2.24, 2.45) is 0 Å². The minimum atomic E-state index is -0.294. The van der Waals surface area contributed by atoms with Gasteiger partial charge in [0.25, 0.3) is 5.91 Å². The average molecular weight is 567 g/mol. The van der Waals surface area contributed by atoms with Gasteiger partial charge in [-0.05, 0) is 68.4 Å². The molecule has 24 heavy (non-hydrogen) atoms. The quantitative estimate of drug-likeness (QED) is 0.458. The van der Waals surface area contributed by atoms with Crippen molar-refractivity contribution in [3.05, 3.63) is 40.8 Å². The molecule has 0 radical (unpaired) electrons. The van der Waals surface area contributed by atoms with Crippen LogP contribution in [0.25, 0.3) is 0 Å². The van der Waals surface area contributed by atoms with Crippen LogP contribution in [0.3, 0.4) is 0 Å². The molecule has 3 heterocycles. The number of hydrogen-bond donors (Lipinski definition) is 3. The van der Waals surface area contributed by atoms with E-state index >= 15 is 0 Å². The van der Waals surface area contributed by atoms with Crippen molar-refractivity contribution in [1.82, 2.24) is 5.32 Å². The van der Waals surface area contributed by atoms with Crippen LogP contribution >= 0.6 is 56.5 Å². The first-order valence-corrected chi connectivity index (χ1v) is 10.6. The zero-order valence-corrected chi connectivity index (χ0v) is 18.0. The van der Waals surface area contributed by atoms with Gasteiger partial charge in [-0.15, -0.1) is 11.3 Å². The Morgan fingerprint density at radius 3 is 2.71 bits per heavy atom. The van der Waals surface area contributed by atoms with Gasteiger partial charge in [0.05, 0.1) is 24.0 Å². The summed E-state index contributed by atoms with van der Waals surface area (Å²) in [5.41, 5.74) is 2.95. The Morgan fingerprint density at radius 2 is 2.00 bits per heavy atom. The van der Waals surface area contributed by atoms with E-state index in [2.05, 4.69) is 62.9 Å². The normalized spacial score (nSPS) is 22.4. The van der Waals surface area contributed by atoms with Crippen molar-refractivity contribution < 1.29 is 14.8 Å². The Balaban J connectivity index is 1.71. The summed E-state index contributed by atoms with van der Waals surface area (Å²) >= 11 is 5.80. The van der Waals surface area contributed by atoms with E-state index in [1.165, 1.54) is 15.3 Å². The third-order valence-electron chi connectivity index (χ3n) is 4.49. The number of amides is 1. The average Bonchev–Trinajstić information content (AvgIpc) is 2.89. The minimum absolute atomic E-state index is 0.0120. The first kappa shape index (κ1) is 16.9. The van der Waals surface area contributed by atoms with E-state index < -0.39 is 0 Å². The van der Waals surface area contributed by atoms with E-state index in [9.17, 15) is 9.90 Å². The largest absolute Gasteiger partial charge is 0.871 e. The first-order valence-electron chi connectivity index (χ1n) is 7.63. The molecule has 0 saturated heterocycles. The molecule has 2 unspecified atom stereocenters. The van der Waals surface area contributed by atoms with Gasteiger partial charge in [0, 0.05) is 13.6 Å². The molecule has 8 heteroatoms. The van der Waals surface area contributed by atoms with Crippen molar-refractivity contribution in [1.29, 1.82) is 0 Å². The summed E-state index contributed by atoms with van der Waals surface area (Å²) in [6.07, 6.45) is 0.658. The minimum Gasteiger partial charge on any atom is -0.871 e. The van der Waals surface area contributed by atoms with E-state index in [-0.39, 0.29) is 17.8 Å². The van der Waals surface area contributed by atoms with Gasteiger partial charge in [-0.1, -0.05) is 5.75 Å². The Labute approximate surface area is 171 Å². The second-order valence-electron chi connectivity index (χ2n) is 6.21. The Hall–Kier alpha value is -0.590. The smallest absolute Gasteiger partial charge is 0.256 e. The maximum atomic E-state index is 12.7. The standard InChI is InChI=1S/C16H15I2N3O2S/c1-21-3-2-8-11(6-21)24-16-12(8)15(23)19-14(20-16)7-4-9(17)13(22)10(18)5-7/h4-5,14,20,22H,2-3,6H2,1H3,(H,19,23). The fourth-order valence-electron chi connectivity index (χ4n) is 3.25. The molecule has 126 valence electrons. The van der Waals surface area contributed by atoms with Crippen LogP contribution in [-0.4, -0.2) is 19.5 Å². The van der Waals surface area contributed by atoms with Crippen molar-refractivity contribution >= 4 is 67.4 Å². The predicted octanol–water partition coefficient (Wildman–Crippen LogP) is 1.46. The predicted molar refractivity (Wildman–Crippen MR) is 109 cm³/mol. The molecule has 1 amide bonds. The highest BCUT2D eigenvalue weighted by atomic mass is 127. The number of hydrogen-bond acceptors (Lipinski definition) is 4. The molecule has 2 aliphatic rings. The van der Waals surface area contributed by atoms with Crippen molar-refractivity contribution in [3.8, 4) is 5.75 Å². The number of halogens is 2. The highest BCUT2D eigenvalue weighted by molar-refractivity contribution is 14.1. The van der Waals surface area contributed by atoms with Gasteiger partial charge >= 0.3 is 0 Å². The SMILES string of the molecule is C[NH+]1CCc2c(sc3c2C(=O)NC(c2cc(I)c([O-])c(I)c2)N3)C1. The molecular weight excluding hydrogens is 552 g/mol. The third kappa shape index (κ3) is 2.80. The zero-order chi connectivity index (χ0) is 17.0. The van der Waals surface area contributed by atoms with Crippen molar-refractivity contribution in [3.63, 3.8) is 0 Å². The van der Waals surface area contributed by atoms with Gasteiger partial charge in [0.2, 0.25) is 0 Å². The number of nitrogens with one attached hydrogen (secondary N) is 3. The molecular formula is C16H15I2N3O2S. The maximum Gasteiger partial charge on any atom is 0.256 e. The van der Waals surface area contributed by atoms with Crippen molar-refractivity contribution in [2.75, 3.05) is 18.9 Å². The number of anilines is 1. The molecule has 2 aliphatic heterocycles. The molecule has 4 rings (SSSR count). The zero-order valence-electron chi connectivity index (χ0n) is 12.8. The molecule has 3 N–H and O–H groups in total. The van der Waals surface area contributed by atoms with E-state index in [4.69, 9.17) is 0 Å². The summed E-state index contributed by atoms with van der Waals surface area (Å²) in [7, 11) is 2.19. The van der Waals surface area contributed by atoms with Gasteiger partial charge < -0.3 is 20.6 Å². The van der Waals surface area contributed by atoms with E-state index in [0.29, 0.717) is 7.14 Å². The lowest BCUT2D eigenvalue weighted by Crippen LogP contribution is -3.08. The van der Waals surface area contributed by atoms with Crippen molar-refractivity contribution in [2.45, 2.75) is 19.1 Å². The summed E-state index contributed by atoms with van der Waals surface area (Å²) in [5.74, 6) is 0.0300. The van der Waals surface area contributed by atoms with Gasteiger partial charge in [-0.3, -0.25) is 4.79 Å². The number of carbonyl (C=O) groups is 1. The molecule has 0 spiro atoms. The van der Waals surface area contributed by atoms with Crippen LogP contribution in [0.4, 0.5) is 5.00 Å². The number of benzene rings is 1. The molecule has 2 atom stereocenters. The number of likely N-dealkylation sites (N-methyl/N-ethyl adjacent to an activating group) is 1. The molecule has 1 aromatic carbocycles. The Morgan fingerprint density at radius 1 is 1.29 bits per heavy atom. The van der Waals surface area contributed by atoms with Crippen LogP contribution in [0.15, 0.2) is 12.1 Å².